The number of carbonyl (C=O) groups excluding carboxylic acids is 1. The quantitative estimate of drug-likeness (QED) is 0.685. The smallest absolute Gasteiger partial charge is 0.302 e. The summed E-state index contributed by atoms with van der Waals surface area (Å²) in [5.74, 6) is 0.450. The highest BCUT2D eigenvalue weighted by molar-refractivity contribution is 7.99. The largest absolute Gasteiger partial charge is 0.465 e. The number of ether oxygens (including phenoxy) is 1. The first-order chi connectivity index (χ1) is 10.7. The monoisotopic (exact) mass is 332 g/mol. The van der Waals surface area contributed by atoms with Crippen LogP contribution in [-0.4, -0.2) is 18.3 Å². The van der Waals surface area contributed by atoms with E-state index in [0.717, 1.165) is 26.7 Å². The van der Waals surface area contributed by atoms with E-state index in [2.05, 4.69) is 0 Å². The van der Waals surface area contributed by atoms with Crippen LogP contribution in [0.4, 0.5) is 0 Å². The van der Waals surface area contributed by atoms with E-state index in [-0.39, 0.29) is 11.3 Å². The molecule has 1 aromatic heterocycles. The van der Waals surface area contributed by atoms with Gasteiger partial charge >= 0.3 is 5.97 Å². The molecule has 2 aromatic rings. The lowest BCUT2D eigenvalue weighted by Gasteiger charge is -2.11. The Kier molecular flexibility index (Phi) is 4.49. The Balaban J connectivity index is 1.94. The van der Waals surface area contributed by atoms with Crippen molar-refractivity contribution in [1.29, 1.82) is 0 Å². The van der Waals surface area contributed by atoms with Crippen LogP contribution >= 0.6 is 23.1 Å². The van der Waals surface area contributed by atoms with Crippen molar-refractivity contribution in [2.45, 2.75) is 12.3 Å². The molecule has 22 heavy (non-hydrogen) atoms. The first kappa shape index (κ1) is 15.1. The highest BCUT2D eigenvalue weighted by atomic mass is 32.2. The Morgan fingerprint density at radius 1 is 1.41 bits per heavy atom. The van der Waals surface area contributed by atoms with Crippen LogP contribution in [0.25, 0.3) is 5.70 Å². The molecule has 0 bridgehead atoms. The van der Waals surface area contributed by atoms with E-state index in [9.17, 15) is 4.79 Å². The van der Waals surface area contributed by atoms with E-state index in [4.69, 9.17) is 15.5 Å². The number of rotatable bonds is 4. The molecule has 1 unspecified atom stereocenters. The molecule has 3 rings (SSSR count). The summed E-state index contributed by atoms with van der Waals surface area (Å²) in [5, 5.41) is 3.91. The van der Waals surface area contributed by atoms with Crippen molar-refractivity contribution in [3.8, 4) is 0 Å². The highest BCUT2D eigenvalue weighted by Crippen LogP contribution is 2.37. The fraction of sp³-hybridized carbons (Fsp3) is 0.250. The predicted octanol–water partition coefficient (Wildman–Crippen LogP) is 1.79. The molecule has 4 nitrogen and oxygen atoms in total. The molecule has 0 radical (unpaired) electrons. The lowest BCUT2D eigenvalue weighted by molar-refractivity contribution is -0.140. The van der Waals surface area contributed by atoms with Crippen molar-refractivity contribution in [3.05, 3.63) is 56.7 Å². The molecule has 0 saturated heterocycles. The van der Waals surface area contributed by atoms with Crippen LogP contribution in [-0.2, 0) is 9.53 Å². The molecular formula is C16H16N2O2S2. The van der Waals surface area contributed by atoms with Crippen LogP contribution in [0.5, 0.6) is 0 Å². The molecule has 114 valence electrons. The van der Waals surface area contributed by atoms with Crippen molar-refractivity contribution in [2.24, 2.45) is 10.7 Å². The van der Waals surface area contributed by atoms with Crippen LogP contribution in [0.2, 0.25) is 0 Å². The minimum absolute atomic E-state index is 0.0206. The lowest BCUT2D eigenvalue weighted by Crippen LogP contribution is -2.29. The van der Waals surface area contributed by atoms with Crippen LogP contribution in [0.15, 0.2) is 40.7 Å². The van der Waals surface area contributed by atoms with Crippen molar-refractivity contribution in [3.63, 3.8) is 0 Å². The summed E-state index contributed by atoms with van der Waals surface area (Å²) in [7, 11) is 0. The number of hydrogen-bond acceptors (Lipinski definition) is 6. The Labute approximate surface area is 136 Å². The topological polar surface area (TPSA) is 64.7 Å². The van der Waals surface area contributed by atoms with E-state index in [0.29, 0.717) is 12.4 Å². The minimum atomic E-state index is -0.252. The maximum absolute atomic E-state index is 10.8. The number of nitrogens with zero attached hydrogens (tertiary/aromatic N) is 1. The molecule has 0 spiro atoms. The fourth-order valence-electron chi connectivity index (χ4n) is 2.34. The Morgan fingerprint density at radius 3 is 3.05 bits per heavy atom. The van der Waals surface area contributed by atoms with Crippen LogP contribution in [0.1, 0.15) is 22.7 Å². The Hall–Kier alpha value is -1.79. The van der Waals surface area contributed by atoms with E-state index in [1.807, 2.05) is 35.7 Å². The van der Waals surface area contributed by atoms with Crippen molar-refractivity contribution in [1.82, 2.24) is 0 Å². The molecule has 0 fully saturated rings. The molecule has 1 aliphatic heterocycles. The second-order valence-electron chi connectivity index (χ2n) is 4.82. The van der Waals surface area contributed by atoms with Gasteiger partial charge in [-0.25, -0.2) is 0 Å². The third-order valence-electron chi connectivity index (χ3n) is 3.32. The molecule has 2 N–H and O–H groups in total. The summed E-state index contributed by atoms with van der Waals surface area (Å²) >= 11 is 3.33. The van der Waals surface area contributed by atoms with Crippen LogP contribution in [0, 0.1) is 0 Å². The normalized spacial score (nSPS) is 16.2. The zero-order valence-electron chi connectivity index (χ0n) is 12.1. The van der Waals surface area contributed by atoms with E-state index in [1.165, 1.54) is 6.92 Å². The van der Waals surface area contributed by atoms with Gasteiger partial charge in [0.2, 0.25) is 0 Å². The number of para-hydroxylation sites is 1. The van der Waals surface area contributed by atoms with Crippen LogP contribution in [0.3, 0.4) is 0 Å². The summed E-state index contributed by atoms with van der Waals surface area (Å²) in [6.07, 6.45) is 0. The number of benzene rings is 1. The van der Waals surface area contributed by atoms with Gasteiger partial charge in [-0.2, -0.15) is 0 Å². The SMILES string of the molecule is CC(=O)OCCSC1N=c2ccccc2=C(N)c2ccsc21. The van der Waals surface area contributed by atoms with Crippen molar-refractivity contribution < 1.29 is 9.53 Å². The van der Waals surface area contributed by atoms with Gasteiger partial charge in [-0.1, -0.05) is 18.2 Å². The Bertz CT molecular complexity index is 814. The lowest BCUT2D eigenvalue weighted by atomic mass is 10.1. The number of fused-ring (bicyclic) bond motifs is 2. The molecule has 6 heteroatoms. The third-order valence-corrected chi connectivity index (χ3v) is 5.50. The summed E-state index contributed by atoms with van der Waals surface area (Å²) in [5.41, 5.74) is 8.18. The number of esters is 1. The zero-order chi connectivity index (χ0) is 15.5. The van der Waals surface area contributed by atoms with E-state index >= 15 is 0 Å². The summed E-state index contributed by atoms with van der Waals surface area (Å²) in [6.45, 7) is 1.82. The summed E-state index contributed by atoms with van der Waals surface area (Å²) in [6, 6.07) is 9.98. The molecule has 1 aromatic carbocycles. The number of carbonyl (C=O) groups is 1. The molecule has 1 atom stereocenters. The molecular weight excluding hydrogens is 316 g/mol. The van der Waals surface area contributed by atoms with Gasteiger partial charge in [0.05, 0.1) is 5.36 Å². The van der Waals surface area contributed by atoms with Gasteiger partial charge < -0.3 is 10.5 Å². The average Bonchev–Trinajstić information content (AvgIpc) is 2.95. The first-order valence-corrected chi connectivity index (χ1v) is 8.85. The Morgan fingerprint density at radius 2 is 2.23 bits per heavy atom. The predicted molar refractivity (Wildman–Crippen MR) is 90.1 cm³/mol. The van der Waals surface area contributed by atoms with Gasteiger partial charge in [-0.05, 0) is 17.5 Å². The first-order valence-electron chi connectivity index (χ1n) is 6.92. The van der Waals surface area contributed by atoms with E-state index < -0.39 is 0 Å². The summed E-state index contributed by atoms with van der Waals surface area (Å²) < 4.78 is 5.00. The van der Waals surface area contributed by atoms with Gasteiger partial charge in [0, 0.05) is 34.0 Å². The molecule has 0 saturated carbocycles. The zero-order valence-corrected chi connectivity index (χ0v) is 13.7. The van der Waals surface area contributed by atoms with E-state index in [1.54, 1.807) is 23.1 Å². The molecule has 1 aliphatic rings. The second-order valence-corrected chi connectivity index (χ2v) is 6.96. The number of thiophene rings is 1. The van der Waals surface area contributed by atoms with Gasteiger partial charge in [0.15, 0.2) is 0 Å². The molecule has 0 amide bonds. The number of nitrogens with two attached hydrogens (primary N) is 1. The van der Waals surface area contributed by atoms with Gasteiger partial charge in [0.1, 0.15) is 12.0 Å². The highest BCUT2D eigenvalue weighted by Gasteiger charge is 2.20. The maximum atomic E-state index is 10.8. The van der Waals surface area contributed by atoms with Gasteiger partial charge in [0.25, 0.3) is 0 Å². The number of thioether (sulfide) groups is 1. The minimum Gasteiger partial charge on any atom is -0.465 e. The molecule has 0 aliphatic carbocycles. The fourth-order valence-corrected chi connectivity index (χ4v) is 4.40. The third kappa shape index (κ3) is 3.03. The van der Waals surface area contributed by atoms with Crippen LogP contribution < -0.4 is 16.3 Å². The average molecular weight is 332 g/mol. The van der Waals surface area contributed by atoms with Gasteiger partial charge in [-0.15, -0.1) is 23.1 Å². The standard InChI is InChI=1S/C16H16N2O2S2/c1-10(19)20-7-9-22-16-15-12(6-8-21-15)14(17)11-4-2-3-5-13(11)18-16/h2-6,8,16H,7,9,17H2,1H3. The van der Waals surface area contributed by atoms with Crippen molar-refractivity contribution >= 4 is 34.8 Å². The molecule has 2 heterocycles. The van der Waals surface area contributed by atoms with Gasteiger partial charge in [-0.3, -0.25) is 9.79 Å². The second kappa shape index (κ2) is 6.54. The maximum Gasteiger partial charge on any atom is 0.302 e. The van der Waals surface area contributed by atoms with Crippen molar-refractivity contribution in [2.75, 3.05) is 12.4 Å². The number of hydrogen-bond donors (Lipinski definition) is 1. The summed E-state index contributed by atoms with van der Waals surface area (Å²) in [4.78, 5) is 16.8.